The van der Waals surface area contributed by atoms with Gasteiger partial charge in [0.15, 0.2) is 6.10 Å². The largest absolute Gasteiger partial charge is 0.481 e. The lowest BCUT2D eigenvalue weighted by Crippen LogP contribution is -2.41. The number of carbonyl (C=O) groups is 1. The molecule has 28 heavy (non-hydrogen) atoms. The molecule has 0 bridgehead atoms. The van der Waals surface area contributed by atoms with Gasteiger partial charge in [-0.05, 0) is 48.9 Å². The van der Waals surface area contributed by atoms with Gasteiger partial charge in [0.1, 0.15) is 12.3 Å². The summed E-state index contributed by atoms with van der Waals surface area (Å²) in [5.41, 5.74) is 1.24. The van der Waals surface area contributed by atoms with Gasteiger partial charge in [-0.2, -0.15) is 4.98 Å². The lowest BCUT2D eigenvalue weighted by molar-refractivity contribution is -0.139. The third-order valence-electron chi connectivity index (χ3n) is 4.49. The minimum atomic E-state index is -0.549. The fourth-order valence-electron chi connectivity index (χ4n) is 2.81. The molecular formula is C21H25N3O3S. The van der Waals surface area contributed by atoms with E-state index in [1.54, 1.807) is 16.2 Å². The van der Waals surface area contributed by atoms with Gasteiger partial charge in [0, 0.05) is 6.54 Å². The Morgan fingerprint density at radius 3 is 2.61 bits per heavy atom. The molecule has 0 unspecified atom stereocenters. The van der Waals surface area contributed by atoms with Crippen LogP contribution in [0.5, 0.6) is 5.75 Å². The molecule has 1 aromatic carbocycles. The molecule has 0 aliphatic rings. The Hall–Kier alpha value is -2.67. The van der Waals surface area contributed by atoms with Crippen LogP contribution in [0.4, 0.5) is 0 Å². The molecule has 3 aromatic rings. The monoisotopic (exact) mass is 399 g/mol. The highest BCUT2D eigenvalue weighted by molar-refractivity contribution is 7.13. The van der Waals surface area contributed by atoms with Crippen molar-refractivity contribution in [3.8, 4) is 16.5 Å². The summed E-state index contributed by atoms with van der Waals surface area (Å²) in [5, 5.41) is 5.97. The Balaban J connectivity index is 1.66. The summed E-state index contributed by atoms with van der Waals surface area (Å²) in [6.45, 7) is 6.77. The quantitative estimate of drug-likeness (QED) is 0.527. The number of amides is 1. The van der Waals surface area contributed by atoms with Gasteiger partial charge < -0.3 is 14.2 Å². The van der Waals surface area contributed by atoms with Crippen molar-refractivity contribution in [3.05, 3.63) is 53.2 Å². The zero-order valence-electron chi connectivity index (χ0n) is 16.4. The summed E-state index contributed by atoms with van der Waals surface area (Å²) >= 11 is 1.55. The maximum absolute atomic E-state index is 13.0. The second kappa shape index (κ2) is 9.50. The average Bonchev–Trinajstić information content (AvgIpc) is 3.42. The first-order chi connectivity index (χ1) is 13.6. The van der Waals surface area contributed by atoms with Crippen molar-refractivity contribution in [1.29, 1.82) is 0 Å². The molecule has 3 rings (SSSR count). The molecule has 7 heteroatoms. The summed E-state index contributed by atoms with van der Waals surface area (Å²) < 4.78 is 11.3. The third-order valence-corrected chi connectivity index (χ3v) is 5.35. The molecule has 0 aliphatic heterocycles. The first-order valence-electron chi connectivity index (χ1n) is 9.55. The Morgan fingerprint density at radius 1 is 1.21 bits per heavy atom. The van der Waals surface area contributed by atoms with Gasteiger partial charge in [-0.1, -0.05) is 37.2 Å². The molecule has 2 heterocycles. The van der Waals surface area contributed by atoms with E-state index < -0.39 is 6.10 Å². The maximum Gasteiger partial charge on any atom is 0.264 e. The van der Waals surface area contributed by atoms with Crippen LogP contribution in [0.2, 0.25) is 0 Å². The van der Waals surface area contributed by atoms with Gasteiger partial charge in [0.2, 0.25) is 11.7 Å². The predicted molar refractivity (Wildman–Crippen MR) is 109 cm³/mol. The van der Waals surface area contributed by atoms with Crippen LogP contribution >= 0.6 is 11.3 Å². The minimum absolute atomic E-state index is 0.0829. The number of benzene rings is 1. The summed E-state index contributed by atoms with van der Waals surface area (Å²) in [7, 11) is 0. The Bertz CT molecular complexity index is 875. The zero-order chi connectivity index (χ0) is 19.9. The van der Waals surface area contributed by atoms with Crippen molar-refractivity contribution < 1.29 is 14.1 Å². The van der Waals surface area contributed by atoms with E-state index in [2.05, 4.69) is 17.1 Å². The van der Waals surface area contributed by atoms with Crippen LogP contribution in [0.1, 0.15) is 38.6 Å². The second-order valence-electron chi connectivity index (χ2n) is 6.35. The number of aromatic nitrogens is 2. The van der Waals surface area contributed by atoms with E-state index in [0.717, 1.165) is 11.3 Å². The van der Waals surface area contributed by atoms with E-state index in [0.29, 0.717) is 30.4 Å². The lowest BCUT2D eigenvalue weighted by atomic mass is 10.1. The van der Waals surface area contributed by atoms with E-state index in [1.165, 1.54) is 5.56 Å². The average molecular weight is 400 g/mol. The third kappa shape index (κ3) is 4.78. The summed E-state index contributed by atoms with van der Waals surface area (Å²) in [6, 6.07) is 11.7. The Kier molecular flexibility index (Phi) is 6.81. The first kappa shape index (κ1) is 20.1. The number of rotatable bonds is 9. The van der Waals surface area contributed by atoms with Crippen LogP contribution < -0.4 is 4.74 Å². The second-order valence-corrected chi connectivity index (χ2v) is 7.30. The summed E-state index contributed by atoms with van der Waals surface area (Å²) in [5.74, 6) is 1.58. The number of ether oxygens (including phenoxy) is 1. The molecule has 2 aromatic heterocycles. The van der Waals surface area contributed by atoms with E-state index in [-0.39, 0.29) is 12.5 Å². The van der Waals surface area contributed by atoms with Gasteiger partial charge in [-0.25, -0.2) is 0 Å². The SMILES string of the molecule is CCc1ccc(O[C@@H](CC)C(=O)N(CC)Cc2nc(-c3cccs3)no2)cc1. The lowest BCUT2D eigenvalue weighted by Gasteiger charge is -2.25. The topological polar surface area (TPSA) is 68.5 Å². The number of aryl methyl sites for hydroxylation is 1. The first-order valence-corrected chi connectivity index (χ1v) is 10.4. The van der Waals surface area contributed by atoms with Crippen LogP contribution in [0.15, 0.2) is 46.3 Å². The highest BCUT2D eigenvalue weighted by atomic mass is 32.1. The van der Waals surface area contributed by atoms with Crippen LogP contribution in [-0.4, -0.2) is 33.6 Å². The van der Waals surface area contributed by atoms with Crippen LogP contribution in [0.25, 0.3) is 10.7 Å². The molecule has 6 nitrogen and oxygen atoms in total. The van der Waals surface area contributed by atoms with Gasteiger partial charge in [0.25, 0.3) is 5.91 Å². The molecule has 0 N–H and O–H groups in total. The van der Waals surface area contributed by atoms with E-state index in [9.17, 15) is 4.79 Å². The highest BCUT2D eigenvalue weighted by Crippen LogP contribution is 2.22. The van der Waals surface area contributed by atoms with Gasteiger partial charge >= 0.3 is 0 Å². The maximum atomic E-state index is 13.0. The van der Waals surface area contributed by atoms with Crippen molar-refractivity contribution in [3.63, 3.8) is 0 Å². The molecular weight excluding hydrogens is 374 g/mol. The van der Waals surface area contributed by atoms with Crippen LogP contribution in [0.3, 0.4) is 0 Å². The fraction of sp³-hybridized carbons (Fsp3) is 0.381. The number of thiophene rings is 1. The van der Waals surface area contributed by atoms with Gasteiger partial charge in [0.05, 0.1) is 4.88 Å². The van der Waals surface area contributed by atoms with Crippen molar-refractivity contribution in [1.82, 2.24) is 15.0 Å². The molecule has 148 valence electrons. The number of nitrogens with zero attached hydrogens (tertiary/aromatic N) is 3. The number of hydrogen-bond acceptors (Lipinski definition) is 6. The summed E-state index contributed by atoms with van der Waals surface area (Å²) in [4.78, 5) is 20.0. The van der Waals surface area contributed by atoms with Crippen molar-refractivity contribution in [2.24, 2.45) is 0 Å². The Labute approximate surface area is 169 Å². The summed E-state index contributed by atoms with van der Waals surface area (Å²) in [6.07, 6.45) is 0.999. The van der Waals surface area contributed by atoms with Crippen molar-refractivity contribution >= 4 is 17.2 Å². The van der Waals surface area contributed by atoms with E-state index in [1.807, 2.05) is 55.6 Å². The molecule has 1 atom stereocenters. The number of carbonyl (C=O) groups excluding carboxylic acids is 1. The molecule has 1 amide bonds. The van der Waals surface area contributed by atoms with E-state index in [4.69, 9.17) is 9.26 Å². The normalized spacial score (nSPS) is 12.0. The van der Waals surface area contributed by atoms with Crippen molar-refractivity contribution in [2.75, 3.05) is 6.54 Å². The molecule has 0 saturated carbocycles. The fourth-order valence-corrected chi connectivity index (χ4v) is 3.46. The molecule has 0 fully saturated rings. The minimum Gasteiger partial charge on any atom is -0.481 e. The number of hydrogen-bond donors (Lipinski definition) is 0. The van der Waals surface area contributed by atoms with Gasteiger partial charge in [-0.3, -0.25) is 4.79 Å². The molecule has 0 saturated heterocycles. The molecule has 0 radical (unpaired) electrons. The van der Waals surface area contributed by atoms with Gasteiger partial charge in [-0.15, -0.1) is 11.3 Å². The molecule has 0 aliphatic carbocycles. The molecule has 0 spiro atoms. The number of likely N-dealkylation sites (N-methyl/N-ethyl adjacent to an activating group) is 1. The Morgan fingerprint density at radius 2 is 2.00 bits per heavy atom. The predicted octanol–water partition coefficient (Wildman–Crippen LogP) is 4.57. The van der Waals surface area contributed by atoms with Crippen molar-refractivity contribution in [2.45, 2.75) is 46.3 Å². The zero-order valence-corrected chi connectivity index (χ0v) is 17.2. The van der Waals surface area contributed by atoms with Crippen LogP contribution in [0, 0.1) is 0 Å². The van der Waals surface area contributed by atoms with Crippen LogP contribution in [-0.2, 0) is 17.8 Å². The highest BCUT2D eigenvalue weighted by Gasteiger charge is 2.25. The smallest absolute Gasteiger partial charge is 0.264 e. The standard InChI is InChI=1S/C21H25N3O3S/c1-4-15-9-11-16(12-10-15)26-17(5-2)21(25)24(6-3)14-19-22-20(23-27-19)18-8-7-13-28-18/h7-13,17H,4-6,14H2,1-3H3/t17-/m0/s1. The van der Waals surface area contributed by atoms with E-state index >= 15 is 0 Å².